The van der Waals surface area contributed by atoms with Crippen molar-refractivity contribution in [2.75, 3.05) is 17.7 Å². The van der Waals surface area contributed by atoms with Crippen molar-refractivity contribution in [3.05, 3.63) is 77.7 Å². The summed E-state index contributed by atoms with van der Waals surface area (Å²) in [6.07, 6.45) is 3.76. The van der Waals surface area contributed by atoms with E-state index >= 15 is 0 Å². The Balaban J connectivity index is 1.73. The van der Waals surface area contributed by atoms with Gasteiger partial charge in [0, 0.05) is 5.69 Å². The van der Waals surface area contributed by atoms with Gasteiger partial charge in [-0.3, -0.25) is 4.79 Å². The number of benzene rings is 2. The number of amides is 1. The van der Waals surface area contributed by atoms with Crippen molar-refractivity contribution >= 4 is 29.1 Å². The molecule has 0 fully saturated rings. The number of aromatic nitrogens is 2. The Bertz CT molecular complexity index is 987. The lowest BCUT2D eigenvalue weighted by molar-refractivity contribution is 0.0602. The Kier molecular flexibility index (Phi) is 5.96. The average Bonchev–Trinajstić information content (AvgIpc) is 2.74. The van der Waals surface area contributed by atoms with Crippen LogP contribution in [0.1, 0.15) is 33.3 Å². The molecule has 1 amide bonds. The number of aryl methyl sites for hydroxylation is 1. The molecular formula is C21H20N4O3. The first-order chi connectivity index (χ1) is 13.6. The second-order valence-electron chi connectivity index (χ2n) is 5.91. The van der Waals surface area contributed by atoms with Crippen LogP contribution < -0.4 is 10.6 Å². The number of rotatable bonds is 6. The van der Waals surface area contributed by atoms with Crippen LogP contribution in [-0.2, 0) is 11.2 Å². The molecular weight excluding hydrogens is 356 g/mol. The van der Waals surface area contributed by atoms with E-state index in [1.807, 2.05) is 24.3 Å². The summed E-state index contributed by atoms with van der Waals surface area (Å²) in [6.45, 7) is 2.08. The lowest BCUT2D eigenvalue weighted by atomic mass is 10.1. The fraction of sp³-hybridized carbons (Fsp3) is 0.143. The smallest absolute Gasteiger partial charge is 0.339 e. The molecule has 0 unspecified atom stereocenters. The first-order valence-electron chi connectivity index (χ1n) is 8.78. The van der Waals surface area contributed by atoms with Gasteiger partial charge in [0.05, 0.1) is 30.8 Å². The van der Waals surface area contributed by atoms with E-state index < -0.39 is 11.9 Å². The minimum absolute atomic E-state index is 0.133. The monoisotopic (exact) mass is 376 g/mol. The lowest BCUT2D eigenvalue weighted by Gasteiger charge is -2.11. The van der Waals surface area contributed by atoms with Gasteiger partial charge in [0.2, 0.25) is 0 Å². The Morgan fingerprint density at radius 2 is 1.68 bits per heavy atom. The maximum Gasteiger partial charge on any atom is 0.339 e. The summed E-state index contributed by atoms with van der Waals surface area (Å²) in [4.78, 5) is 32.7. The topological polar surface area (TPSA) is 93.2 Å². The van der Waals surface area contributed by atoms with Crippen LogP contribution >= 0.6 is 0 Å². The highest BCUT2D eigenvalue weighted by Gasteiger charge is 2.15. The molecule has 2 aromatic carbocycles. The van der Waals surface area contributed by atoms with E-state index in [2.05, 4.69) is 27.5 Å². The Hall–Kier alpha value is -3.74. The SMILES string of the molecule is CCc1ccccc1Nc1cnc(C(=O)Nc2ccccc2C(=O)OC)cn1. The van der Waals surface area contributed by atoms with Crippen LogP contribution in [0.3, 0.4) is 0 Å². The molecule has 0 radical (unpaired) electrons. The molecule has 7 heteroatoms. The number of hydrogen-bond donors (Lipinski definition) is 2. The predicted molar refractivity (Wildman–Crippen MR) is 107 cm³/mol. The number of nitrogens with one attached hydrogen (secondary N) is 2. The number of carbonyl (C=O) groups is 2. The molecule has 3 aromatic rings. The van der Waals surface area contributed by atoms with Crippen LogP contribution in [-0.4, -0.2) is 29.0 Å². The summed E-state index contributed by atoms with van der Waals surface area (Å²) in [5.41, 5.74) is 2.85. The highest BCUT2D eigenvalue weighted by Crippen LogP contribution is 2.20. The zero-order valence-corrected chi connectivity index (χ0v) is 15.6. The second-order valence-corrected chi connectivity index (χ2v) is 5.91. The van der Waals surface area contributed by atoms with Gasteiger partial charge in [0.1, 0.15) is 11.5 Å². The summed E-state index contributed by atoms with van der Waals surface area (Å²) in [7, 11) is 1.29. The quantitative estimate of drug-likeness (QED) is 0.635. The van der Waals surface area contributed by atoms with Crippen LogP contribution in [0.5, 0.6) is 0 Å². The molecule has 1 heterocycles. The highest BCUT2D eigenvalue weighted by atomic mass is 16.5. The largest absolute Gasteiger partial charge is 0.465 e. The number of esters is 1. The zero-order chi connectivity index (χ0) is 19.9. The number of anilines is 3. The third kappa shape index (κ3) is 4.32. The minimum Gasteiger partial charge on any atom is -0.465 e. The molecule has 7 nitrogen and oxygen atoms in total. The summed E-state index contributed by atoms with van der Waals surface area (Å²) in [6, 6.07) is 14.5. The van der Waals surface area contributed by atoms with E-state index in [0.717, 1.165) is 17.7 Å². The van der Waals surface area contributed by atoms with E-state index in [9.17, 15) is 9.59 Å². The molecule has 0 bridgehead atoms. The minimum atomic E-state index is -0.531. The van der Waals surface area contributed by atoms with Gasteiger partial charge in [-0.15, -0.1) is 0 Å². The van der Waals surface area contributed by atoms with Crippen molar-refractivity contribution in [1.82, 2.24) is 9.97 Å². The third-order valence-corrected chi connectivity index (χ3v) is 4.13. The van der Waals surface area contributed by atoms with Gasteiger partial charge >= 0.3 is 5.97 Å². The Morgan fingerprint density at radius 1 is 0.964 bits per heavy atom. The molecule has 0 saturated carbocycles. The zero-order valence-electron chi connectivity index (χ0n) is 15.6. The number of carbonyl (C=O) groups excluding carboxylic acids is 2. The van der Waals surface area contributed by atoms with Crippen molar-refractivity contribution in [3.8, 4) is 0 Å². The van der Waals surface area contributed by atoms with Crippen LogP contribution in [0.4, 0.5) is 17.2 Å². The van der Waals surface area contributed by atoms with Crippen molar-refractivity contribution < 1.29 is 14.3 Å². The summed E-state index contributed by atoms with van der Waals surface area (Å²) in [5, 5.41) is 5.87. The summed E-state index contributed by atoms with van der Waals surface area (Å²) in [5.74, 6) is -0.465. The Morgan fingerprint density at radius 3 is 2.36 bits per heavy atom. The number of ether oxygens (including phenoxy) is 1. The number of methoxy groups -OCH3 is 1. The molecule has 1 aromatic heterocycles. The predicted octanol–water partition coefficient (Wildman–Crippen LogP) is 3.82. The molecule has 3 rings (SSSR count). The first kappa shape index (κ1) is 19.0. The van der Waals surface area contributed by atoms with Crippen LogP contribution in [0, 0.1) is 0 Å². The molecule has 142 valence electrons. The maximum atomic E-state index is 12.5. The maximum absolute atomic E-state index is 12.5. The van der Waals surface area contributed by atoms with Crippen molar-refractivity contribution in [3.63, 3.8) is 0 Å². The number of hydrogen-bond acceptors (Lipinski definition) is 6. The fourth-order valence-corrected chi connectivity index (χ4v) is 2.66. The van der Waals surface area contributed by atoms with E-state index in [1.165, 1.54) is 19.5 Å². The van der Waals surface area contributed by atoms with Crippen LogP contribution in [0.15, 0.2) is 60.9 Å². The van der Waals surface area contributed by atoms with Gasteiger partial charge in [-0.25, -0.2) is 14.8 Å². The van der Waals surface area contributed by atoms with Crippen molar-refractivity contribution in [1.29, 1.82) is 0 Å². The second kappa shape index (κ2) is 8.77. The molecule has 28 heavy (non-hydrogen) atoms. The first-order valence-corrected chi connectivity index (χ1v) is 8.78. The molecule has 0 atom stereocenters. The van der Waals surface area contributed by atoms with E-state index in [4.69, 9.17) is 4.74 Å². The highest BCUT2D eigenvalue weighted by molar-refractivity contribution is 6.06. The number of nitrogens with zero attached hydrogens (tertiary/aromatic N) is 2. The molecule has 0 spiro atoms. The van der Waals surface area contributed by atoms with Crippen molar-refractivity contribution in [2.24, 2.45) is 0 Å². The van der Waals surface area contributed by atoms with Crippen LogP contribution in [0.25, 0.3) is 0 Å². The molecule has 0 aliphatic carbocycles. The van der Waals surface area contributed by atoms with Gasteiger partial charge < -0.3 is 15.4 Å². The van der Waals surface area contributed by atoms with E-state index in [0.29, 0.717) is 11.5 Å². The van der Waals surface area contributed by atoms with Gasteiger partial charge in [0.25, 0.3) is 5.91 Å². The van der Waals surface area contributed by atoms with E-state index in [1.54, 1.807) is 24.3 Å². The molecule has 0 aliphatic heterocycles. The van der Waals surface area contributed by atoms with Gasteiger partial charge in [-0.2, -0.15) is 0 Å². The van der Waals surface area contributed by atoms with Crippen molar-refractivity contribution in [2.45, 2.75) is 13.3 Å². The van der Waals surface area contributed by atoms with Crippen LogP contribution in [0.2, 0.25) is 0 Å². The molecule has 2 N–H and O–H groups in total. The summed E-state index contributed by atoms with van der Waals surface area (Å²) < 4.78 is 4.73. The molecule has 0 aliphatic rings. The van der Waals surface area contributed by atoms with Gasteiger partial charge in [0.15, 0.2) is 0 Å². The summed E-state index contributed by atoms with van der Waals surface area (Å²) >= 11 is 0. The lowest BCUT2D eigenvalue weighted by Crippen LogP contribution is -2.17. The number of para-hydroxylation sites is 2. The average molecular weight is 376 g/mol. The van der Waals surface area contributed by atoms with E-state index in [-0.39, 0.29) is 11.3 Å². The standard InChI is InChI=1S/C21H20N4O3/c1-3-14-8-4-6-10-16(14)24-19-13-22-18(12-23-19)20(26)25-17-11-7-5-9-15(17)21(27)28-2/h4-13H,3H2,1-2H3,(H,23,24)(H,25,26). The Labute approximate surface area is 162 Å². The third-order valence-electron chi connectivity index (χ3n) is 4.13. The van der Waals surface area contributed by atoms with Gasteiger partial charge in [-0.05, 0) is 30.2 Å². The molecule has 0 saturated heterocycles. The normalized spacial score (nSPS) is 10.2. The van der Waals surface area contributed by atoms with Gasteiger partial charge in [-0.1, -0.05) is 37.3 Å². The fourth-order valence-electron chi connectivity index (χ4n) is 2.66.